The van der Waals surface area contributed by atoms with Gasteiger partial charge in [0.15, 0.2) is 5.17 Å². The summed E-state index contributed by atoms with van der Waals surface area (Å²) in [6, 6.07) is 15.8. The molecule has 0 aliphatic carbocycles. The van der Waals surface area contributed by atoms with Crippen molar-refractivity contribution in [2.45, 2.75) is 13.8 Å². The van der Waals surface area contributed by atoms with E-state index in [1.807, 2.05) is 42.5 Å². The lowest BCUT2D eigenvalue weighted by atomic mass is 10.1. The zero-order valence-corrected chi connectivity index (χ0v) is 13.3. The molecular formula is C18H16N2OS. The van der Waals surface area contributed by atoms with Gasteiger partial charge >= 0.3 is 0 Å². The lowest BCUT2D eigenvalue weighted by molar-refractivity contribution is -0.115. The molecule has 1 N–H and O–H groups in total. The van der Waals surface area contributed by atoms with Gasteiger partial charge < -0.3 is 5.32 Å². The van der Waals surface area contributed by atoms with Crippen LogP contribution in [0, 0.1) is 13.8 Å². The average Bonchev–Trinajstić information content (AvgIpc) is 2.83. The highest BCUT2D eigenvalue weighted by Gasteiger charge is 2.23. The van der Waals surface area contributed by atoms with Crippen LogP contribution in [0.3, 0.4) is 0 Å². The number of amidine groups is 1. The molecule has 0 aromatic heterocycles. The van der Waals surface area contributed by atoms with Crippen molar-refractivity contribution in [3.63, 3.8) is 0 Å². The number of aliphatic imine (C=N–C) groups is 1. The molecule has 1 aliphatic heterocycles. The molecule has 22 heavy (non-hydrogen) atoms. The van der Waals surface area contributed by atoms with Crippen LogP contribution in [0.25, 0.3) is 6.08 Å². The topological polar surface area (TPSA) is 41.5 Å². The zero-order valence-electron chi connectivity index (χ0n) is 12.5. The number of aryl methyl sites for hydroxylation is 2. The largest absolute Gasteiger partial charge is 0.300 e. The number of para-hydroxylation sites is 1. The van der Waals surface area contributed by atoms with Crippen molar-refractivity contribution in [2.24, 2.45) is 4.99 Å². The molecule has 110 valence electrons. The summed E-state index contributed by atoms with van der Waals surface area (Å²) in [6.45, 7) is 4.11. The highest BCUT2D eigenvalue weighted by atomic mass is 32.2. The first-order chi connectivity index (χ1) is 10.6. The summed E-state index contributed by atoms with van der Waals surface area (Å²) in [5.41, 5.74) is 4.27. The summed E-state index contributed by atoms with van der Waals surface area (Å²) in [5.74, 6) is -0.0975. The van der Waals surface area contributed by atoms with Crippen molar-refractivity contribution in [3.8, 4) is 0 Å². The van der Waals surface area contributed by atoms with E-state index in [2.05, 4.69) is 36.3 Å². The van der Waals surface area contributed by atoms with Crippen LogP contribution in [0.5, 0.6) is 0 Å². The van der Waals surface area contributed by atoms with E-state index in [1.165, 1.54) is 17.3 Å². The maximum Gasteiger partial charge on any atom is 0.264 e. The molecule has 1 heterocycles. The lowest BCUT2D eigenvalue weighted by Crippen LogP contribution is -2.19. The Morgan fingerprint density at radius 1 is 1.09 bits per heavy atom. The molecule has 2 aromatic rings. The van der Waals surface area contributed by atoms with Crippen LogP contribution in [0.2, 0.25) is 0 Å². The van der Waals surface area contributed by atoms with Gasteiger partial charge in [0.05, 0.1) is 10.6 Å². The van der Waals surface area contributed by atoms with E-state index in [9.17, 15) is 4.79 Å². The number of amides is 1. The van der Waals surface area contributed by atoms with Crippen molar-refractivity contribution in [1.29, 1.82) is 0 Å². The number of nitrogens with zero attached hydrogens (tertiary/aromatic N) is 1. The lowest BCUT2D eigenvalue weighted by Gasteiger charge is -2.02. The second-order valence-electron chi connectivity index (χ2n) is 5.18. The molecule has 1 fully saturated rings. The molecular weight excluding hydrogens is 292 g/mol. The molecule has 2 aromatic carbocycles. The van der Waals surface area contributed by atoms with Gasteiger partial charge in [0, 0.05) is 0 Å². The number of rotatable bonds is 2. The highest BCUT2D eigenvalue weighted by molar-refractivity contribution is 8.18. The standard InChI is InChI=1S/C18H16N2OS/c1-12-8-9-14(13(2)10-12)11-16-17(21)20-18(22-16)19-15-6-4-3-5-7-15/h3-11H,1-2H3,(H,19,20,21)/b16-11-. The maximum absolute atomic E-state index is 12.1. The van der Waals surface area contributed by atoms with E-state index in [1.54, 1.807) is 0 Å². The minimum absolute atomic E-state index is 0.0975. The number of hydrogen-bond acceptors (Lipinski definition) is 3. The predicted molar refractivity (Wildman–Crippen MR) is 93.2 cm³/mol. The molecule has 0 bridgehead atoms. The van der Waals surface area contributed by atoms with Crippen LogP contribution in [-0.4, -0.2) is 11.1 Å². The fraction of sp³-hybridized carbons (Fsp3) is 0.111. The van der Waals surface area contributed by atoms with Gasteiger partial charge in [-0.25, -0.2) is 4.99 Å². The molecule has 0 saturated carbocycles. The van der Waals surface area contributed by atoms with Gasteiger partial charge in [-0.05, 0) is 54.9 Å². The molecule has 4 heteroatoms. The minimum Gasteiger partial charge on any atom is -0.300 e. The fourth-order valence-electron chi connectivity index (χ4n) is 2.23. The Morgan fingerprint density at radius 3 is 2.59 bits per heavy atom. The van der Waals surface area contributed by atoms with E-state index >= 15 is 0 Å². The van der Waals surface area contributed by atoms with Gasteiger partial charge in [-0.1, -0.05) is 42.0 Å². The molecule has 1 saturated heterocycles. The molecule has 1 amide bonds. The summed E-state index contributed by atoms with van der Waals surface area (Å²) in [5, 5.41) is 3.43. The Hall–Kier alpha value is -2.33. The van der Waals surface area contributed by atoms with Crippen LogP contribution < -0.4 is 5.32 Å². The van der Waals surface area contributed by atoms with Gasteiger partial charge in [0.1, 0.15) is 0 Å². The van der Waals surface area contributed by atoms with Crippen molar-refractivity contribution in [3.05, 3.63) is 70.1 Å². The van der Waals surface area contributed by atoms with Crippen LogP contribution in [0.1, 0.15) is 16.7 Å². The Kier molecular flexibility index (Phi) is 4.11. The summed E-state index contributed by atoms with van der Waals surface area (Å²) in [4.78, 5) is 17.2. The monoisotopic (exact) mass is 308 g/mol. The zero-order chi connectivity index (χ0) is 15.5. The average molecular weight is 308 g/mol. The summed E-state index contributed by atoms with van der Waals surface area (Å²) >= 11 is 1.37. The van der Waals surface area contributed by atoms with Crippen molar-refractivity contribution in [2.75, 3.05) is 0 Å². The number of hydrogen-bond donors (Lipinski definition) is 1. The first kappa shape index (κ1) is 14.6. The minimum atomic E-state index is -0.0975. The number of nitrogens with one attached hydrogen (secondary N) is 1. The fourth-order valence-corrected chi connectivity index (χ4v) is 3.06. The Morgan fingerprint density at radius 2 is 1.86 bits per heavy atom. The number of carbonyl (C=O) groups excluding carboxylic acids is 1. The van der Waals surface area contributed by atoms with Gasteiger partial charge in [0.2, 0.25) is 0 Å². The Balaban J connectivity index is 1.86. The van der Waals surface area contributed by atoms with Crippen molar-refractivity contribution < 1.29 is 4.79 Å². The van der Waals surface area contributed by atoms with Crippen LogP contribution >= 0.6 is 11.8 Å². The first-order valence-electron chi connectivity index (χ1n) is 7.04. The van der Waals surface area contributed by atoms with E-state index in [0.717, 1.165) is 16.8 Å². The van der Waals surface area contributed by atoms with E-state index in [-0.39, 0.29) is 5.91 Å². The highest BCUT2D eigenvalue weighted by Crippen LogP contribution is 2.28. The molecule has 3 nitrogen and oxygen atoms in total. The van der Waals surface area contributed by atoms with E-state index in [0.29, 0.717) is 10.1 Å². The van der Waals surface area contributed by atoms with E-state index in [4.69, 9.17) is 0 Å². The summed E-state index contributed by atoms with van der Waals surface area (Å²) in [6.07, 6.45) is 1.92. The van der Waals surface area contributed by atoms with Gasteiger partial charge in [-0.15, -0.1) is 0 Å². The Labute approximate surface area is 134 Å². The van der Waals surface area contributed by atoms with E-state index < -0.39 is 0 Å². The predicted octanol–water partition coefficient (Wildman–Crippen LogP) is 4.20. The molecule has 0 radical (unpaired) electrons. The molecule has 0 spiro atoms. The number of thioether (sulfide) groups is 1. The summed E-state index contributed by atoms with van der Waals surface area (Å²) in [7, 11) is 0. The maximum atomic E-state index is 12.1. The van der Waals surface area contributed by atoms with Gasteiger partial charge in [-0.2, -0.15) is 0 Å². The molecule has 1 aliphatic rings. The molecule has 3 rings (SSSR count). The first-order valence-corrected chi connectivity index (χ1v) is 7.85. The quantitative estimate of drug-likeness (QED) is 0.845. The van der Waals surface area contributed by atoms with Crippen LogP contribution in [-0.2, 0) is 4.79 Å². The van der Waals surface area contributed by atoms with Crippen LogP contribution in [0.15, 0.2) is 58.4 Å². The third-order valence-corrected chi connectivity index (χ3v) is 4.26. The SMILES string of the molecule is Cc1ccc(/C=C2\SC(=Nc3ccccc3)NC2=O)c(C)c1. The summed E-state index contributed by atoms with van der Waals surface area (Å²) < 4.78 is 0. The second kappa shape index (κ2) is 6.20. The number of benzene rings is 2. The third-order valence-electron chi connectivity index (χ3n) is 3.35. The van der Waals surface area contributed by atoms with Crippen LogP contribution in [0.4, 0.5) is 5.69 Å². The molecule has 0 unspecified atom stereocenters. The van der Waals surface area contributed by atoms with Crippen molar-refractivity contribution in [1.82, 2.24) is 5.32 Å². The molecule has 0 atom stereocenters. The second-order valence-corrected chi connectivity index (χ2v) is 6.21. The Bertz CT molecular complexity index is 779. The van der Waals surface area contributed by atoms with Gasteiger partial charge in [0.25, 0.3) is 5.91 Å². The number of carbonyl (C=O) groups is 1. The van der Waals surface area contributed by atoms with Crippen molar-refractivity contribution >= 4 is 34.6 Å². The third kappa shape index (κ3) is 3.28. The smallest absolute Gasteiger partial charge is 0.264 e. The normalized spacial score (nSPS) is 18.0. The van der Waals surface area contributed by atoms with Gasteiger partial charge in [-0.3, -0.25) is 4.79 Å².